The maximum Gasteiger partial charge on any atom is 0.225 e. The zero-order valence-corrected chi connectivity index (χ0v) is 16.5. The number of benzene rings is 1. The zero-order valence-electron chi connectivity index (χ0n) is 16.5. The Balaban J connectivity index is 1.69. The highest BCUT2D eigenvalue weighted by atomic mass is 16.5. The van der Waals surface area contributed by atoms with E-state index in [-0.39, 0.29) is 23.8 Å². The third-order valence-corrected chi connectivity index (χ3v) is 4.93. The van der Waals surface area contributed by atoms with E-state index in [1.807, 2.05) is 35.2 Å². The molecule has 0 radical (unpaired) electrons. The van der Waals surface area contributed by atoms with Crippen molar-refractivity contribution in [1.82, 2.24) is 10.2 Å². The molecule has 1 aromatic rings. The molecule has 1 aromatic carbocycles. The molecule has 6 heteroatoms. The lowest BCUT2D eigenvalue weighted by Gasteiger charge is -2.32. The van der Waals surface area contributed by atoms with Gasteiger partial charge in [-0.2, -0.15) is 0 Å². The van der Waals surface area contributed by atoms with Gasteiger partial charge in [0, 0.05) is 31.6 Å². The minimum absolute atomic E-state index is 0.0316. The topological polar surface area (TPSA) is 84.7 Å². The van der Waals surface area contributed by atoms with Crippen molar-refractivity contribution in [3.8, 4) is 5.75 Å². The van der Waals surface area contributed by atoms with Crippen LogP contribution in [-0.2, 0) is 9.59 Å². The lowest BCUT2D eigenvalue weighted by molar-refractivity contribution is -0.136. The maximum atomic E-state index is 12.5. The summed E-state index contributed by atoms with van der Waals surface area (Å²) in [5.41, 5.74) is 5.77. The molecule has 3 N–H and O–H groups in total. The van der Waals surface area contributed by atoms with Gasteiger partial charge in [0.05, 0.1) is 13.0 Å². The molecular formula is C21H33N3O3. The second kappa shape index (κ2) is 10.9. The van der Waals surface area contributed by atoms with Gasteiger partial charge < -0.3 is 20.7 Å². The Morgan fingerprint density at radius 2 is 1.89 bits per heavy atom. The fourth-order valence-electron chi connectivity index (χ4n) is 3.42. The molecule has 0 bridgehead atoms. The predicted molar refractivity (Wildman–Crippen MR) is 106 cm³/mol. The Hall–Kier alpha value is -2.08. The Morgan fingerprint density at radius 1 is 1.22 bits per heavy atom. The zero-order chi connectivity index (χ0) is 19.6. The number of hydrogen-bond acceptors (Lipinski definition) is 4. The summed E-state index contributed by atoms with van der Waals surface area (Å²) >= 11 is 0. The monoisotopic (exact) mass is 375 g/mol. The lowest BCUT2D eigenvalue weighted by Crippen LogP contribution is -2.47. The quantitative estimate of drug-likeness (QED) is 0.693. The van der Waals surface area contributed by atoms with Gasteiger partial charge >= 0.3 is 0 Å². The molecule has 1 aliphatic rings. The normalized spacial score (nSPS) is 16.2. The molecule has 1 unspecified atom stereocenters. The average Bonchev–Trinajstić information content (AvgIpc) is 2.68. The molecular weight excluding hydrogens is 342 g/mol. The van der Waals surface area contributed by atoms with Crippen LogP contribution >= 0.6 is 0 Å². The van der Waals surface area contributed by atoms with E-state index in [9.17, 15) is 9.59 Å². The number of hydrogen-bond donors (Lipinski definition) is 2. The third kappa shape index (κ3) is 7.21. The van der Waals surface area contributed by atoms with Crippen molar-refractivity contribution in [2.24, 2.45) is 17.6 Å². The van der Waals surface area contributed by atoms with E-state index in [1.54, 1.807) is 0 Å². The number of nitrogens with two attached hydrogens (primary N) is 1. The van der Waals surface area contributed by atoms with Crippen molar-refractivity contribution in [2.75, 3.05) is 26.2 Å². The second-order valence-corrected chi connectivity index (χ2v) is 7.64. The molecule has 0 spiro atoms. The van der Waals surface area contributed by atoms with Crippen LogP contribution in [0.15, 0.2) is 30.3 Å². The van der Waals surface area contributed by atoms with Crippen molar-refractivity contribution in [1.29, 1.82) is 0 Å². The maximum absolute atomic E-state index is 12.5. The fourth-order valence-corrected chi connectivity index (χ4v) is 3.42. The van der Waals surface area contributed by atoms with Gasteiger partial charge in [-0.3, -0.25) is 9.59 Å². The summed E-state index contributed by atoms with van der Waals surface area (Å²) in [5.74, 6) is 1.40. The van der Waals surface area contributed by atoms with Crippen molar-refractivity contribution in [2.45, 2.75) is 45.6 Å². The lowest BCUT2D eigenvalue weighted by atomic mass is 9.94. The molecule has 1 atom stereocenters. The highest BCUT2D eigenvalue weighted by molar-refractivity contribution is 5.80. The first kappa shape index (κ1) is 21.2. The molecule has 1 aliphatic heterocycles. The summed E-state index contributed by atoms with van der Waals surface area (Å²) < 4.78 is 5.59. The number of rotatable bonds is 9. The Labute approximate surface area is 162 Å². The summed E-state index contributed by atoms with van der Waals surface area (Å²) in [6, 6.07) is 9.53. The average molecular weight is 376 g/mol. The highest BCUT2D eigenvalue weighted by Gasteiger charge is 2.28. The largest absolute Gasteiger partial charge is 0.493 e. The summed E-state index contributed by atoms with van der Waals surface area (Å²) in [7, 11) is 0. The molecule has 1 saturated heterocycles. The van der Waals surface area contributed by atoms with Crippen LogP contribution in [0.3, 0.4) is 0 Å². The molecule has 0 aromatic heterocycles. The van der Waals surface area contributed by atoms with Crippen LogP contribution in [0.4, 0.5) is 0 Å². The van der Waals surface area contributed by atoms with E-state index in [0.29, 0.717) is 51.4 Å². The van der Waals surface area contributed by atoms with Gasteiger partial charge in [0.2, 0.25) is 11.8 Å². The number of piperidine rings is 1. The third-order valence-electron chi connectivity index (χ3n) is 4.93. The molecule has 1 fully saturated rings. The SMILES string of the molecule is CC(C)CC(CN)NC(=O)C1CCN(C(=O)CCOc2ccccc2)CC1. The first-order chi connectivity index (χ1) is 13.0. The van der Waals surface area contributed by atoms with Gasteiger partial charge in [0.1, 0.15) is 5.75 Å². The first-order valence-electron chi connectivity index (χ1n) is 9.95. The van der Waals surface area contributed by atoms with E-state index in [4.69, 9.17) is 10.5 Å². The van der Waals surface area contributed by atoms with Gasteiger partial charge in [-0.15, -0.1) is 0 Å². The van der Waals surface area contributed by atoms with E-state index in [0.717, 1.165) is 12.2 Å². The van der Waals surface area contributed by atoms with Gasteiger partial charge in [-0.1, -0.05) is 32.0 Å². The number of amides is 2. The Morgan fingerprint density at radius 3 is 2.48 bits per heavy atom. The fraction of sp³-hybridized carbons (Fsp3) is 0.619. The molecule has 150 valence electrons. The minimum atomic E-state index is -0.0316. The Bertz CT molecular complexity index is 584. The molecule has 0 saturated carbocycles. The standard InChI is InChI=1S/C21H33N3O3/c1-16(2)14-18(15-22)23-21(26)17-8-11-24(12-9-17)20(25)10-13-27-19-6-4-3-5-7-19/h3-7,16-18H,8-15,22H2,1-2H3,(H,23,26). The van der Waals surface area contributed by atoms with E-state index in [1.165, 1.54) is 0 Å². The smallest absolute Gasteiger partial charge is 0.225 e. The van der Waals surface area contributed by atoms with Gasteiger partial charge in [0.25, 0.3) is 0 Å². The number of nitrogens with zero attached hydrogens (tertiary/aromatic N) is 1. The van der Waals surface area contributed by atoms with Crippen LogP contribution in [0.5, 0.6) is 5.75 Å². The Kier molecular flexibility index (Phi) is 8.58. The van der Waals surface area contributed by atoms with E-state index in [2.05, 4.69) is 19.2 Å². The van der Waals surface area contributed by atoms with Crippen molar-refractivity contribution in [3.63, 3.8) is 0 Å². The van der Waals surface area contributed by atoms with Crippen LogP contribution in [0.2, 0.25) is 0 Å². The van der Waals surface area contributed by atoms with Gasteiger partial charge in [-0.25, -0.2) is 0 Å². The number of carbonyl (C=O) groups excluding carboxylic acids is 2. The van der Waals surface area contributed by atoms with Gasteiger partial charge in [-0.05, 0) is 37.3 Å². The summed E-state index contributed by atoms with van der Waals surface area (Å²) in [6.07, 6.45) is 2.66. The van der Waals surface area contributed by atoms with Crippen molar-refractivity contribution >= 4 is 11.8 Å². The number of para-hydroxylation sites is 1. The summed E-state index contributed by atoms with van der Waals surface area (Å²) in [5, 5.41) is 3.08. The van der Waals surface area contributed by atoms with Crippen LogP contribution in [0.1, 0.15) is 39.5 Å². The van der Waals surface area contributed by atoms with Crippen molar-refractivity contribution < 1.29 is 14.3 Å². The van der Waals surface area contributed by atoms with E-state index < -0.39 is 0 Å². The molecule has 2 amide bonds. The summed E-state index contributed by atoms with van der Waals surface area (Å²) in [6.45, 7) is 6.33. The first-order valence-corrected chi connectivity index (χ1v) is 9.95. The van der Waals surface area contributed by atoms with Crippen molar-refractivity contribution in [3.05, 3.63) is 30.3 Å². The molecule has 2 rings (SSSR count). The molecule has 6 nitrogen and oxygen atoms in total. The number of carbonyl (C=O) groups is 2. The molecule has 27 heavy (non-hydrogen) atoms. The number of nitrogens with one attached hydrogen (secondary N) is 1. The van der Waals surface area contributed by atoms with E-state index >= 15 is 0 Å². The minimum Gasteiger partial charge on any atom is -0.493 e. The number of likely N-dealkylation sites (tertiary alicyclic amines) is 1. The van der Waals surface area contributed by atoms with Crippen LogP contribution in [0.25, 0.3) is 0 Å². The van der Waals surface area contributed by atoms with Crippen LogP contribution in [-0.4, -0.2) is 49.0 Å². The second-order valence-electron chi connectivity index (χ2n) is 7.64. The predicted octanol–water partition coefficient (Wildman–Crippen LogP) is 2.18. The molecule has 1 heterocycles. The summed E-state index contributed by atoms with van der Waals surface area (Å²) in [4.78, 5) is 26.6. The number of ether oxygens (including phenoxy) is 1. The van der Waals surface area contributed by atoms with Crippen LogP contribution in [0, 0.1) is 11.8 Å². The van der Waals surface area contributed by atoms with Gasteiger partial charge in [0.15, 0.2) is 0 Å². The van der Waals surface area contributed by atoms with Crippen LogP contribution < -0.4 is 15.8 Å². The molecule has 0 aliphatic carbocycles. The highest BCUT2D eigenvalue weighted by Crippen LogP contribution is 2.19.